The van der Waals surface area contributed by atoms with E-state index in [2.05, 4.69) is 5.32 Å². The van der Waals surface area contributed by atoms with Gasteiger partial charge >= 0.3 is 6.09 Å². The molecule has 10 heteroatoms. The summed E-state index contributed by atoms with van der Waals surface area (Å²) in [6, 6.07) is 11.2. The zero-order chi connectivity index (χ0) is 27.6. The molecule has 2 saturated heterocycles. The molecule has 2 aliphatic heterocycles. The third kappa shape index (κ3) is 5.91. The quantitative estimate of drug-likeness (QED) is 0.530. The van der Waals surface area contributed by atoms with E-state index in [1.807, 2.05) is 50.2 Å². The second kappa shape index (κ2) is 11.7. The van der Waals surface area contributed by atoms with Crippen molar-refractivity contribution in [3.8, 4) is 15.5 Å². The van der Waals surface area contributed by atoms with Gasteiger partial charge in [0.1, 0.15) is 18.2 Å². The second-order valence-corrected chi connectivity index (χ2v) is 11.7. The van der Waals surface area contributed by atoms with Gasteiger partial charge in [0.2, 0.25) is 5.91 Å². The van der Waals surface area contributed by atoms with Crippen molar-refractivity contribution in [2.45, 2.75) is 64.8 Å². The first-order valence-corrected chi connectivity index (χ1v) is 13.8. The third-order valence-corrected chi connectivity index (χ3v) is 8.02. The highest BCUT2D eigenvalue weighted by atomic mass is 32.1. The number of ether oxygens (including phenoxy) is 1. The summed E-state index contributed by atoms with van der Waals surface area (Å²) in [6.07, 6.45) is -1.13. The topological polar surface area (TPSA) is 116 Å². The molecule has 204 valence electrons. The highest BCUT2D eigenvalue weighted by Crippen LogP contribution is 2.34. The van der Waals surface area contributed by atoms with E-state index in [4.69, 9.17) is 4.74 Å². The first-order chi connectivity index (χ1) is 18.1. The predicted octanol–water partition coefficient (Wildman–Crippen LogP) is 3.32. The van der Waals surface area contributed by atoms with Crippen molar-refractivity contribution < 1.29 is 29.0 Å². The van der Waals surface area contributed by atoms with Crippen LogP contribution in [0.5, 0.6) is 5.06 Å². The fourth-order valence-electron chi connectivity index (χ4n) is 5.10. The molecule has 3 amide bonds. The van der Waals surface area contributed by atoms with Crippen LogP contribution in [0.2, 0.25) is 0 Å². The van der Waals surface area contributed by atoms with Crippen LogP contribution in [0.4, 0.5) is 4.79 Å². The van der Waals surface area contributed by atoms with Gasteiger partial charge in [-0.1, -0.05) is 69.4 Å². The van der Waals surface area contributed by atoms with Crippen LogP contribution >= 0.6 is 11.3 Å². The van der Waals surface area contributed by atoms with Crippen LogP contribution in [0, 0.1) is 11.8 Å². The highest BCUT2D eigenvalue weighted by Gasteiger charge is 2.53. The van der Waals surface area contributed by atoms with E-state index in [0.717, 1.165) is 10.4 Å². The number of Topliss-reactive ketones (excluding diaryl/α,β-unsaturated/α-hetero) is 1. The van der Waals surface area contributed by atoms with E-state index in [9.17, 15) is 24.3 Å². The van der Waals surface area contributed by atoms with Crippen molar-refractivity contribution in [2.75, 3.05) is 13.1 Å². The number of benzene rings is 1. The minimum Gasteiger partial charge on any atom is -0.399 e. The van der Waals surface area contributed by atoms with Gasteiger partial charge < -0.3 is 25.0 Å². The summed E-state index contributed by atoms with van der Waals surface area (Å²) in [5.74, 6) is -1.28. The number of rotatable bonds is 8. The molecule has 3 heterocycles. The van der Waals surface area contributed by atoms with Gasteiger partial charge in [-0.2, -0.15) is 0 Å². The summed E-state index contributed by atoms with van der Waals surface area (Å²) in [4.78, 5) is 56.0. The molecule has 4 rings (SSSR count). The van der Waals surface area contributed by atoms with Crippen molar-refractivity contribution in [1.82, 2.24) is 15.1 Å². The fraction of sp³-hybridized carbons (Fsp3) is 0.500. The number of fused-ring (bicyclic) bond motifs is 1. The van der Waals surface area contributed by atoms with Crippen molar-refractivity contribution in [3.63, 3.8) is 0 Å². The fourth-order valence-corrected chi connectivity index (χ4v) is 5.96. The second-order valence-electron chi connectivity index (χ2n) is 10.7. The maximum Gasteiger partial charge on any atom is 0.414 e. The molecule has 0 aliphatic carbocycles. The number of carbonyl (C=O) groups excluding carboxylic acids is 4. The third-order valence-electron chi connectivity index (χ3n) is 7.00. The Morgan fingerprint density at radius 3 is 2.42 bits per heavy atom. The van der Waals surface area contributed by atoms with Crippen LogP contribution in [0.25, 0.3) is 10.4 Å². The van der Waals surface area contributed by atoms with Crippen LogP contribution in [0.15, 0.2) is 42.5 Å². The number of carbonyl (C=O) groups is 4. The Morgan fingerprint density at radius 2 is 1.76 bits per heavy atom. The van der Waals surface area contributed by atoms with Gasteiger partial charge in [-0.25, -0.2) is 4.79 Å². The smallest absolute Gasteiger partial charge is 0.399 e. The summed E-state index contributed by atoms with van der Waals surface area (Å²) in [5, 5.41) is 13.4. The Labute approximate surface area is 226 Å². The molecule has 1 aromatic heterocycles. The normalized spacial score (nSPS) is 20.6. The zero-order valence-electron chi connectivity index (χ0n) is 22.1. The van der Waals surface area contributed by atoms with Gasteiger partial charge in [0, 0.05) is 11.4 Å². The predicted molar refractivity (Wildman–Crippen MR) is 144 cm³/mol. The lowest BCUT2D eigenvalue weighted by Gasteiger charge is -2.29. The van der Waals surface area contributed by atoms with Gasteiger partial charge in [-0.05, 0) is 42.4 Å². The molecule has 2 fully saturated rings. The number of aliphatic hydroxyl groups excluding tert-OH is 1. The number of thiophene rings is 1. The van der Waals surface area contributed by atoms with E-state index >= 15 is 0 Å². The average Bonchev–Trinajstić information content (AvgIpc) is 3.60. The first kappa shape index (κ1) is 27.8. The zero-order valence-corrected chi connectivity index (χ0v) is 22.9. The van der Waals surface area contributed by atoms with Gasteiger partial charge in [-0.15, -0.1) is 0 Å². The van der Waals surface area contributed by atoms with Crippen LogP contribution in [-0.4, -0.2) is 75.9 Å². The number of hydrogen-bond donors (Lipinski definition) is 2. The number of likely N-dealkylation sites (tertiary alicyclic amines) is 2. The Kier molecular flexibility index (Phi) is 8.52. The van der Waals surface area contributed by atoms with Gasteiger partial charge in [0.15, 0.2) is 10.8 Å². The summed E-state index contributed by atoms with van der Waals surface area (Å²) < 4.78 is 5.50. The number of ketones is 1. The van der Waals surface area contributed by atoms with Crippen molar-refractivity contribution in [3.05, 3.63) is 42.5 Å². The maximum absolute atomic E-state index is 13.6. The first-order valence-electron chi connectivity index (χ1n) is 13.0. The Balaban J connectivity index is 1.43. The SMILES string of the molecule is CC(C)CC(NC(=O)Oc1ccc(-c2ccccc2)s1)C(=O)N1CCC2C1C(=O)CN2C(=O)C(O)C(C)C. The van der Waals surface area contributed by atoms with Crippen molar-refractivity contribution in [1.29, 1.82) is 0 Å². The van der Waals surface area contributed by atoms with E-state index in [-0.39, 0.29) is 36.6 Å². The van der Waals surface area contributed by atoms with E-state index < -0.39 is 36.2 Å². The molecule has 4 atom stereocenters. The number of nitrogens with zero attached hydrogens (tertiary/aromatic N) is 2. The molecule has 4 unspecified atom stereocenters. The van der Waals surface area contributed by atoms with E-state index in [1.54, 1.807) is 19.9 Å². The molecule has 9 nitrogen and oxygen atoms in total. The number of aliphatic hydroxyl groups is 1. The van der Waals surface area contributed by atoms with E-state index in [0.29, 0.717) is 17.9 Å². The maximum atomic E-state index is 13.6. The Morgan fingerprint density at radius 1 is 1.05 bits per heavy atom. The Hall–Kier alpha value is -3.24. The van der Waals surface area contributed by atoms with Crippen LogP contribution < -0.4 is 10.1 Å². The molecule has 38 heavy (non-hydrogen) atoms. The number of nitrogens with one attached hydrogen (secondary N) is 1. The minimum atomic E-state index is -1.20. The lowest BCUT2D eigenvalue weighted by atomic mass is 10.0. The molecular weight excluding hydrogens is 506 g/mol. The van der Waals surface area contributed by atoms with Crippen LogP contribution in [0.3, 0.4) is 0 Å². The van der Waals surface area contributed by atoms with E-state index in [1.165, 1.54) is 21.1 Å². The van der Waals surface area contributed by atoms with Gasteiger partial charge in [0.05, 0.1) is 12.6 Å². The molecule has 0 bridgehead atoms. The molecule has 0 radical (unpaired) electrons. The molecule has 2 aliphatic rings. The monoisotopic (exact) mass is 541 g/mol. The van der Waals surface area contributed by atoms with Gasteiger partial charge in [0.25, 0.3) is 5.91 Å². The summed E-state index contributed by atoms with van der Waals surface area (Å²) in [6.45, 7) is 7.52. The summed E-state index contributed by atoms with van der Waals surface area (Å²) in [5.41, 5.74) is 1.01. The highest BCUT2D eigenvalue weighted by molar-refractivity contribution is 7.17. The lowest BCUT2D eigenvalue weighted by Crippen LogP contribution is -2.53. The molecule has 2 aromatic rings. The molecule has 2 N–H and O–H groups in total. The van der Waals surface area contributed by atoms with Crippen molar-refractivity contribution >= 4 is 35.0 Å². The summed E-state index contributed by atoms with van der Waals surface area (Å²) in [7, 11) is 0. The number of hydrogen-bond acceptors (Lipinski definition) is 7. The van der Waals surface area contributed by atoms with Crippen molar-refractivity contribution in [2.24, 2.45) is 11.8 Å². The average molecular weight is 542 g/mol. The lowest BCUT2D eigenvalue weighted by molar-refractivity contribution is -0.144. The van der Waals surface area contributed by atoms with Crippen LogP contribution in [0.1, 0.15) is 40.5 Å². The molecule has 1 aromatic carbocycles. The largest absolute Gasteiger partial charge is 0.414 e. The molecule has 0 spiro atoms. The molecular formula is C28H35N3O6S. The molecule has 0 saturated carbocycles. The minimum absolute atomic E-state index is 0.0904. The number of amides is 3. The standard InChI is InChI=1S/C28H35N3O6S/c1-16(2)14-19(29-28(36)37-23-11-10-22(38-23)18-8-6-5-7-9-18)26(34)30-13-12-20-24(30)21(32)15-31(20)27(35)25(33)17(3)4/h5-11,16-17,19-20,24-25,33H,12-15H2,1-4H3,(H,29,36). The van der Waals surface area contributed by atoms with Gasteiger partial charge in [-0.3, -0.25) is 14.4 Å². The Bertz CT molecular complexity index is 1180. The van der Waals surface area contributed by atoms with Crippen LogP contribution in [-0.2, 0) is 14.4 Å². The summed E-state index contributed by atoms with van der Waals surface area (Å²) >= 11 is 1.33.